The fourth-order valence-electron chi connectivity index (χ4n) is 0.983. The van der Waals surface area contributed by atoms with Crippen molar-refractivity contribution in [3.05, 3.63) is 35.4 Å². The van der Waals surface area contributed by atoms with E-state index >= 15 is 0 Å². The van der Waals surface area contributed by atoms with Gasteiger partial charge in [0, 0.05) is 12.6 Å². The lowest BCUT2D eigenvalue weighted by Crippen LogP contribution is -2.31. The molecule has 1 aromatic carbocycles. The van der Waals surface area contributed by atoms with Gasteiger partial charge < -0.3 is 10.8 Å². The summed E-state index contributed by atoms with van der Waals surface area (Å²) in [5.41, 5.74) is 4.00. The molecule has 0 amide bonds. The molecule has 0 aromatic heterocycles. The van der Waals surface area contributed by atoms with Gasteiger partial charge in [-0.05, 0) is 24.6 Å². The number of halogens is 2. The second-order valence-electron chi connectivity index (χ2n) is 3.14. The highest BCUT2D eigenvalue weighted by Crippen LogP contribution is 2.20. The summed E-state index contributed by atoms with van der Waals surface area (Å²) >= 11 is 0. The molecular formula is C9H11F2NO. The first-order valence-corrected chi connectivity index (χ1v) is 3.85. The lowest BCUT2D eigenvalue weighted by atomic mass is 9.96. The number of benzene rings is 1. The molecule has 0 fully saturated rings. The summed E-state index contributed by atoms with van der Waals surface area (Å²) in [6.07, 6.45) is 0. The molecule has 72 valence electrons. The van der Waals surface area contributed by atoms with Gasteiger partial charge in [0.2, 0.25) is 0 Å². The van der Waals surface area contributed by atoms with Gasteiger partial charge >= 0.3 is 0 Å². The largest absolute Gasteiger partial charge is 0.384 e. The molecule has 2 nitrogen and oxygen atoms in total. The van der Waals surface area contributed by atoms with E-state index in [0.29, 0.717) is 0 Å². The van der Waals surface area contributed by atoms with Crippen LogP contribution in [0, 0.1) is 11.6 Å². The molecule has 4 heteroatoms. The van der Waals surface area contributed by atoms with E-state index in [0.717, 1.165) is 18.2 Å². The topological polar surface area (TPSA) is 46.2 Å². The summed E-state index contributed by atoms with van der Waals surface area (Å²) < 4.78 is 25.4. The monoisotopic (exact) mass is 187 g/mol. The highest BCUT2D eigenvalue weighted by Gasteiger charge is 2.22. The van der Waals surface area contributed by atoms with Crippen molar-refractivity contribution < 1.29 is 13.9 Å². The van der Waals surface area contributed by atoms with Crippen LogP contribution in [0.5, 0.6) is 0 Å². The summed E-state index contributed by atoms with van der Waals surface area (Å²) in [6.45, 7) is 1.32. The van der Waals surface area contributed by atoms with Gasteiger partial charge in [0.1, 0.15) is 11.6 Å². The maximum atomic E-state index is 12.7. The SMILES string of the molecule is CC(O)(CN)c1cc(F)cc(F)c1. The van der Waals surface area contributed by atoms with Crippen LogP contribution < -0.4 is 5.73 Å². The molecule has 0 saturated heterocycles. The third kappa shape index (κ3) is 2.23. The van der Waals surface area contributed by atoms with Gasteiger partial charge in [-0.1, -0.05) is 0 Å². The van der Waals surface area contributed by atoms with Crippen LogP contribution in [0.3, 0.4) is 0 Å². The Morgan fingerprint density at radius 3 is 2.15 bits per heavy atom. The number of aliphatic hydroxyl groups is 1. The highest BCUT2D eigenvalue weighted by atomic mass is 19.1. The summed E-state index contributed by atoms with van der Waals surface area (Å²) in [5.74, 6) is -1.44. The van der Waals surface area contributed by atoms with Crippen molar-refractivity contribution in [3.8, 4) is 0 Å². The number of hydrogen-bond donors (Lipinski definition) is 2. The van der Waals surface area contributed by atoms with Crippen LogP contribution in [0.2, 0.25) is 0 Å². The number of hydrogen-bond acceptors (Lipinski definition) is 2. The van der Waals surface area contributed by atoms with E-state index in [-0.39, 0.29) is 12.1 Å². The Labute approximate surface area is 75.0 Å². The van der Waals surface area contributed by atoms with Crippen molar-refractivity contribution >= 4 is 0 Å². The van der Waals surface area contributed by atoms with Crippen molar-refractivity contribution in [3.63, 3.8) is 0 Å². The second kappa shape index (κ2) is 3.40. The average molecular weight is 187 g/mol. The summed E-state index contributed by atoms with van der Waals surface area (Å²) in [5, 5.41) is 9.59. The molecule has 1 atom stereocenters. The smallest absolute Gasteiger partial charge is 0.126 e. The lowest BCUT2D eigenvalue weighted by molar-refractivity contribution is 0.0661. The molecule has 1 rings (SSSR count). The molecule has 0 saturated carbocycles. The molecule has 0 spiro atoms. The molecule has 1 unspecified atom stereocenters. The van der Waals surface area contributed by atoms with Crippen LogP contribution in [-0.2, 0) is 5.60 Å². The van der Waals surface area contributed by atoms with Crippen LogP contribution in [-0.4, -0.2) is 11.7 Å². The molecule has 0 radical (unpaired) electrons. The number of rotatable bonds is 2. The van der Waals surface area contributed by atoms with E-state index in [2.05, 4.69) is 0 Å². The Morgan fingerprint density at radius 2 is 1.77 bits per heavy atom. The van der Waals surface area contributed by atoms with Crippen LogP contribution in [0.15, 0.2) is 18.2 Å². The predicted molar refractivity (Wildman–Crippen MR) is 45.0 cm³/mol. The van der Waals surface area contributed by atoms with Gasteiger partial charge in [-0.2, -0.15) is 0 Å². The minimum atomic E-state index is -1.39. The molecule has 0 bridgehead atoms. The first kappa shape index (κ1) is 10.1. The van der Waals surface area contributed by atoms with E-state index in [1.165, 1.54) is 6.92 Å². The fourth-order valence-corrected chi connectivity index (χ4v) is 0.983. The standard InChI is InChI=1S/C9H11F2NO/c1-9(13,5-12)6-2-7(10)4-8(11)3-6/h2-4,13H,5,12H2,1H3. The Bertz CT molecular complexity index is 292. The molecule has 0 aliphatic heterocycles. The molecular weight excluding hydrogens is 176 g/mol. The van der Waals surface area contributed by atoms with Crippen molar-refractivity contribution in [2.24, 2.45) is 5.73 Å². The first-order valence-electron chi connectivity index (χ1n) is 3.85. The van der Waals surface area contributed by atoms with E-state index in [9.17, 15) is 13.9 Å². The van der Waals surface area contributed by atoms with E-state index in [1.807, 2.05) is 0 Å². The van der Waals surface area contributed by atoms with Gasteiger partial charge in [-0.3, -0.25) is 0 Å². The first-order chi connectivity index (χ1) is 5.95. The van der Waals surface area contributed by atoms with E-state index in [4.69, 9.17) is 5.73 Å². The molecule has 3 N–H and O–H groups in total. The van der Waals surface area contributed by atoms with Gasteiger partial charge in [0.25, 0.3) is 0 Å². The van der Waals surface area contributed by atoms with Crippen LogP contribution in [0.25, 0.3) is 0 Å². The van der Waals surface area contributed by atoms with E-state index < -0.39 is 17.2 Å². The Balaban J connectivity index is 3.15. The zero-order chi connectivity index (χ0) is 10.1. The van der Waals surface area contributed by atoms with Crippen molar-refractivity contribution in [2.45, 2.75) is 12.5 Å². The lowest BCUT2D eigenvalue weighted by Gasteiger charge is -2.21. The zero-order valence-corrected chi connectivity index (χ0v) is 7.22. The van der Waals surface area contributed by atoms with Crippen molar-refractivity contribution in [1.29, 1.82) is 0 Å². The van der Waals surface area contributed by atoms with Gasteiger partial charge in [-0.15, -0.1) is 0 Å². The minimum absolute atomic E-state index is 0.0874. The zero-order valence-electron chi connectivity index (χ0n) is 7.22. The van der Waals surface area contributed by atoms with Crippen LogP contribution >= 0.6 is 0 Å². The second-order valence-corrected chi connectivity index (χ2v) is 3.14. The Morgan fingerprint density at radius 1 is 1.31 bits per heavy atom. The molecule has 1 aromatic rings. The van der Waals surface area contributed by atoms with Crippen LogP contribution in [0.4, 0.5) is 8.78 Å². The highest BCUT2D eigenvalue weighted by molar-refractivity contribution is 5.23. The van der Waals surface area contributed by atoms with Gasteiger partial charge in [-0.25, -0.2) is 8.78 Å². The maximum Gasteiger partial charge on any atom is 0.126 e. The normalized spacial score (nSPS) is 15.5. The van der Waals surface area contributed by atoms with Crippen molar-refractivity contribution in [1.82, 2.24) is 0 Å². The Kier molecular flexibility index (Phi) is 2.63. The van der Waals surface area contributed by atoms with Gasteiger partial charge in [0.05, 0.1) is 5.60 Å². The predicted octanol–water partition coefficient (Wildman–Crippen LogP) is 1.13. The minimum Gasteiger partial charge on any atom is -0.384 e. The van der Waals surface area contributed by atoms with Crippen LogP contribution in [0.1, 0.15) is 12.5 Å². The molecule has 0 heterocycles. The number of nitrogens with two attached hydrogens (primary N) is 1. The fraction of sp³-hybridized carbons (Fsp3) is 0.333. The Hall–Kier alpha value is -1.00. The van der Waals surface area contributed by atoms with Crippen molar-refractivity contribution in [2.75, 3.05) is 6.54 Å². The molecule has 0 aliphatic rings. The third-order valence-corrected chi connectivity index (χ3v) is 1.88. The average Bonchev–Trinajstić information content (AvgIpc) is 2.02. The quantitative estimate of drug-likeness (QED) is 0.729. The third-order valence-electron chi connectivity index (χ3n) is 1.88. The maximum absolute atomic E-state index is 12.7. The summed E-state index contributed by atoms with van der Waals surface area (Å²) in [7, 11) is 0. The van der Waals surface area contributed by atoms with Gasteiger partial charge in [0.15, 0.2) is 0 Å². The van der Waals surface area contributed by atoms with E-state index in [1.54, 1.807) is 0 Å². The summed E-state index contributed by atoms with van der Waals surface area (Å²) in [4.78, 5) is 0. The molecule has 0 aliphatic carbocycles. The molecule has 13 heavy (non-hydrogen) atoms. The summed E-state index contributed by atoms with van der Waals surface area (Å²) in [6, 6.07) is 2.88.